The quantitative estimate of drug-likeness (QED) is 0.704. The number of benzene rings is 1. The smallest absolute Gasteiger partial charge is 0.238 e. The molecule has 0 unspecified atom stereocenters. The standard InChI is InChI=1S/C13H19N3O2/c17-10-11-3-1-2-4-12(11)15-13(18)9-16-7-5-14-6-8-16/h1-4,14,17H,5-10H2,(H,15,18). The summed E-state index contributed by atoms with van der Waals surface area (Å²) < 4.78 is 0. The summed E-state index contributed by atoms with van der Waals surface area (Å²) in [6, 6.07) is 7.30. The summed E-state index contributed by atoms with van der Waals surface area (Å²) in [7, 11) is 0. The molecular formula is C13H19N3O2. The van der Waals surface area contributed by atoms with Crippen molar-refractivity contribution in [3.8, 4) is 0 Å². The molecule has 0 spiro atoms. The van der Waals surface area contributed by atoms with Crippen molar-refractivity contribution >= 4 is 11.6 Å². The number of carbonyl (C=O) groups is 1. The molecule has 0 bridgehead atoms. The number of nitrogens with zero attached hydrogens (tertiary/aromatic N) is 1. The van der Waals surface area contributed by atoms with Crippen molar-refractivity contribution in [2.45, 2.75) is 6.61 Å². The first-order valence-electron chi connectivity index (χ1n) is 6.21. The van der Waals surface area contributed by atoms with Gasteiger partial charge >= 0.3 is 0 Å². The molecule has 1 aromatic carbocycles. The minimum absolute atomic E-state index is 0.0298. The third-order valence-corrected chi connectivity index (χ3v) is 3.04. The van der Waals surface area contributed by atoms with Crippen LogP contribution in [0.2, 0.25) is 0 Å². The van der Waals surface area contributed by atoms with E-state index in [1.54, 1.807) is 12.1 Å². The Balaban J connectivity index is 1.90. The van der Waals surface area contributed by atoms with Gasteiger partial charge in [-0.15, -0.1) is 0 Å². The minimum Gasteiger partial charge on any atom is -0.392 e. The lowest BCUT2D eigenvalue weighted by atomic mass is 10.2. The number of hydrogen-bond donors (Lipinski definition) is 3. The van der Waals surface area contributed by atoms with E-state index in [0.717, 1.165) is 31.7 Å². The van der Waals surface area contributed by atoms with E-state index in [1.807, 2.05) is 12.1 Å². The van der Waals surface area contributed by atoms with Crippen LogP contribution < -0.4 is 10.6 Å². The average Bonchev–Trinajstić information content (AvgIpc) is 2.40. The van der Waals surface area contributed by atoms with E-state index in [4.69, 9.17) is 0 Å². The molecule has 0 aromatic heterocycles. The number of aliphatic hydroxyl groups excluding tert-OH is 1. The van der Waals surface area contributed by atoms with Gasteiger partial charge in [-0.05, 0) is 6.07 Å². The SMILES string of the molecule is O=C(CN1CCNCC1)Nc1ccccc1CO. The first kappa shape index (κ1) is 13.0. The molecule has 0 radical (unpaired) electrons. The first-order chi connectivity index (χ1) is 8.79. The molecule has 1 fully saturated rings. The van der Waals surface area contributed by atoms with Gasteiger partial charge in [0.05, 0.1) is 13.2 Å². The molecule has 0 atom stereocenters. The van der Waals surface area contributed by atoms with Crippen LogP contribution in [0.3, 0.4) is 0 Å². The molecule has 0 aliphatic carbocycles. The predicted molar refractivity (Wildman–Crippen MR) is 70.3 cm³/mol. The van der Waals surface area contributed by atoms with Gasteiger partial charge in [0.2, 0.25) is 5.91 Å². The molecule has 5 heteroatoms. The normalized spacial score (nSPS) is 16.5. The second-order valence-corrected chi connectivity index (χ2v) is 4.39. The second-order valence-electron chi connectivity index (χ2n) is 4.39. The Morgan fingerprint density at radius 2 is 2.06 bits per heavy atom. The molecule has 1 saturated heterocycles. The zero-order valence-corrected chi connectivity index (χ0v) is 10.4. The minimum atomic E-state index is -0.0654. The van der Waals surface area contributed by atoms with Crippen molar-refractivity contribution in [1.82, 2.24) is 10.2 Å². The monoisotopic (exact) mass is 249 g/mol. The maximum absolute atomic E-state index is 11.9. The molecule has 1 aliphatic rings. The van der Waals surface area contributed by atoms with Crippen LogP contribution in [0.15, 0.2) is 24.3 Å². The highest BCUT2D eigenvalue weighted by atomic mass is 16.3. The number of rotatable bonds is 4. The van der Waals surface area contributed by atoms with Gasteiger partial charge in [0.25, 0.3) is 0 Å². The predicted octanol–water partition coefficient (Wildman–Crippen LogP) is 0.0226. The summed E-state index contributed by atoms with van der Waals surface area (Å²) in [4.78, 5) is 14.0. The van der Waals surface area contributed by atoms with Gasteiger partial charge in [-0.3, -0.25) is 9.69 Å². The molecule has 1 amide bonds. The molecule has 0 saturated carbocycles. The lowest BCUT2D eigenvalue weighted by Crippen LogP contribution is -2.46. The summed E-state index contributed by atoms with van der Waals surface area (Å²) in [5.74, 6) is -0.0298. The summed E-state index contributed by atoms with van der Waals surface area (Å²) in [6.45, 7) is 4.00. The van der Waals surface area contributed by atoms with Gasteiger partial charge in [0, 0.05) is 37.4 Å². The van der Waals surface area contributed by atoms with Crippen molar-refractivity contribution in [2.24, 2.45) is 0 Å². The summed E-state index contributed by atoms with van der Waals surface area (Å²) in [6.07, 6.45) is 0. The number of carbonyl (C=O) groups excluding carboxylic acids is 1. The van der Waals surface area contributed by atoms with E-state index < -0.39 is 0 Å². The number of para-hydroxylation sites is 1. The van der Waals surface area contributed by atoms with Gasteiger partial charge in [0.1, 0.15) is 0 Å². The fraction of sp³-hybridized carbons (Fsp3) is 0.462. The van der Waals surface area contributed by atoms with Crippen molar-refractivity contribution in [3.63, 3.8) is 0 Å². The highest BCUT2D eigenvalue weighted by molar-refractivity contribution is 5.92. The van der Waals surface area contributed by atoms with Crippen molar-refractivity contribution in [2.75, 3.05) is 38.0 Å². The van der Waals surface area contributed by atoms with Crippen LogP contribution in [0.5, 0.6) is 0 Å². The van der Waals surface area contributed by atoms with Crippen LogP contribution in [0.4, 0.5) is 5.69 Å². The van der Waals surface area contributed by atoms with Crippen molar-refractivity contribution in [1.29, 1.82) is 0 Å². The van der Waals surface area contributed by atoms with Crippen molar-refractivity contribution in [3.05, 3.63) is 29.8 Å². The van der Waals surface area contributed by atoms with E-state index in [-0.39, 0.29) is 12.5 Å². The van der Waals surface area contributed by atoms with Crippen LogP contribution in [-0.4, -0.2) is 48.6 Å². The highest BCUT2D eigenvalue weighted by Crippen LogP contribution is 2.14. The Bertz CT molecular complexity index is 403. The van der Waals surface area contributed by atoms with E-state index in [0.29, 0.717) is 12.2 Å². The molecule has 1 aromatic rings. The molecule has 5 nitrogen and oxygen atoms in total. The molecule has 1 aliphatic heterocycles. The molecule has 18 heavy (non-hydrogen) atoms. The third-order valence-electron chi connectivity index (χ3n) is 3.04. The Morgan fingerprint density at radius 1 is 1.33 bits per heavy atom. The van der Waals surface area contributed by atoms with Gasteiger partial charge in [-0.2, -0.15) is 0 Å². The third kappa shape index (κ3) is 3.53. The van der Waals surface area contributed by atoms with Crippen LogP contribution in [-0.2, 0) is 11.4 Å². The summed E-state index contributed by atoms with van der Waals surface area (Å²) >= 11 is 0. The second kappa shape index (κ2) is 6.49. The maximum atomic E-state index is 11.9. The molecular weight excluding hydrogens is 230 g/mol. The van der Waals surface area contributed by atoms with Gasteiger partial charge in [-0.25, -0.2) is 0 Å². The first-order valence-corrected chi connectivity index (χ1v) is 6.21. The van der Waals surface area contributed by atoms with E-state index in [2.05, 4.69) is 15.5 Å². The van der Waals surface area contributed by atoms with E-state index in [9.17, 15) is 9.90 Å². The fourth-order valence-electron chi connectivity index (χ4n) is 2.04. The number of piperazine rings is 1. The molecule has 1 heterocycles. The molecule has 98 valence electrons. The van der Waals surface area contributed by atoms with Gasteiger partial charge < -0.3 is 15.7 Å². The fourth-order valence-corrected chi connectivity index (χ4v) is 2.04. The lowest BCUT2D eigenvalue weighted by Gasteiger charge is -2.26. The van der Waals surface area contributed by atoms with Crippen molar-refractivity contribution < 1.29 is 9.90 Å². The number of aliphatic hydroxyl groups is 1. The number of amides is 1. The zero-order valence-electron chi connectivity index (χ0n) is 10.4. The van der Waals surface area contributed by atoms with Crippen LogP contribution in [0.1, 0.15) is 5.56 Å². The van der Waals surface area contributed by atoms with Gasteiger partial charge in [0.15, 0.2) is 0 Å². The summed E-state index contributed by atoms with van der Waals surface area (Å²) in [5.41, 5.74) is 1.44. The Hall–Kier alpha value is -1.43. The van der Waals surface area contributed by atoms with E-state index >= 15 is 0 Å². The number of nitrogens with one attached hydrogen (secondary N) is 2. The molecule has 3 N–H and O–H groups in total. The van der Waals surface area contributed by atoms with Gasteiger partial charge in [-0.1, -0.05) is 18.2 Å². The molecule has 2 rings (SSSR count). The topological polar surface area (TPSA) is 64.6 Å². The lowest BCUT2D eigenvalue weighted by molar-refractivity contribution is -0.117. The maximum Gasteiger partial charge on any atom is 0.238 e. The van der Waals surface area contributed by atoms with Crippen LogP contribution >= 0.6 is 0 Å². The summed E-state index contributed by atoms with van der Waals surface area (Å²) in [5, 5.41) is 15.3. The van der Waals surface area contributed by atoms with Crippen LogP contribution in [0.25, 0.3) is 0 Å². The Labute approximate surface area is 107 Å². The Morgan fingerprint density at radius 3 is 2.78 bits per heavy atom. The number of anilines is 1. The highest BCUT2D eigenvalue weighted by Gasteiger charge is 2.14. The van der Waals surface area contributed by atoms with E-state index in [1.165, 1.54) is 0 Å². The average molecular weight is 249 g/mol. The van der Waals surface area contributed by atoms with Crippen LogP contribution in [0, 0.1) is 0 Å². The number of hydrogen-bond acceptors (Lipinski definition) is 4. The Kier molecular flexibility index (Phi) is 4.69. The largest absolute Gasteiger partial charge is 0.392 e. The zero-order chi connectivity index (χ0) is 12.8.